The summed E-state index contributed by atoms with van der Waals surface area (Å²) in [6, 6.07) is 10.6. The zero-order valence-electron chi connectivity index (χ0n) is 16.6. The molecule has 27 heavy (non-hydrogen) atoms. The van der Waals surface area contributed by atoms with Gasteiger partial charge in [-0.05, 0) is 12.5 Å². The normalized spacial score (nSPS) is 14.2. The van der Waals surface area contributed by atoms with Gasteiger partial charge in [0.2, 0.25) is 0 Å². The van der Waals surface area contributed by atoms with Crippen LogP contribution < -0.4 is 4.90 Å². The van der Waals surface area contributed by atoms with Gasteiger partial charge in [-0.1, -0.05) is 30.3 Å². The Kier molecular flexibility index (Phi) is 7.15. The summed E-state index contributed by atoms with van der Waals surface area (Å²) >= 11 is 0. The average molecular weight is 370 g/mol. The van der Waals surface area contributed by atoms with Gasteiger partial charge in [-0.3, -0.25) is 4.90 Å². The first-order chi connectivity index (χ1) is 13.2. The van der Waals surface area contributed by atoms with Crippen LogP contribution in [0.1, 0.15) is 22.6 Å². The third-order valence-corrected chi connectivity index (χ3v) is 4.91. The van der Waals surface area contributed by atoms with Gasteiger partial charge >= 0.3 is 0 Å². The molecule has 0 saturated heterocycles. The summed E-state index contributed by atoms with van der Waals surface area (Å²) in [5.41, 5.74) is 3.77. The monoisotopic (exact) mass is 370 g/mol. The Balaban J connectivity index is 1.84. The first kappa shape index (κ1) is 19.7. The van der Waals surface area contributed by atoms with Crippen molar-refractivity contribution in [3.63, 3.8) is 0 Å². The van der Waals surface area contributed by atoms with Crippen molar-refractivity contribution in [3.05, 3.63) is 53.0 Å². The van der Waals surface area contributed by atoms with Crippen molar-refractivity contribution >= 4 is 5.82 Å². The summed E-state index contributed by atoms with van der Waals surface area (Å²) in [5, 5.41) is 0. The molecule has 0 saturated carbocycles. The maximum Gasteiger partial charge on any atom is 0.137 e. The lowest BCUT2D eigenvalue weighted by atomic mass is 10.0. The van der Waals surface area contributed by atoms with E-state index >= 15 is 0 Å². The maximum atomic E-state index is 5.31. The molecule has 0 atom stereocenters. The molecular formula is C21H30N4O2. The molecule has 1 aliphatic heterocycles. The molecule has 0 aliphatic carbocycles. The van der Waals surface area contributed by atoms with Gasteiger partial charge in [0.1, 0.15) is 11.6 Å². The fourth-order valence-electron chi connectivity index (χ4n) is 3.54. The molecule has 6 nitrogen and oxygen atoms in total. The summed E-state index contributed by atoms with van der Waals surface area (Å²) < 4.78 is 10.6. The second-order valence-electron chi connectivity index (χ2n) is 6.94. The molecule has 146 valence electrons. The van der Waals surface area contributed by atoms with Crippen molar-refractivity contribution < 1.29 is 9.47 Å². The third kappa shape index (κ3) is 5.25. The topological polar surface area (TPSA) is 50.7 Å². The Labute approximate surface area is 162 Å². The van der Waals surface area contributed by atoms with Crippen LogP contribution in [-0.4, -0.2) is 61.9 Å². The van der Waals surface area contributed by atoms with Crippen LogP contribution in [0, 0.1) is 6.92 Å². The minimum absolute atomic E-state index is 0.662. The first-order valence-corrected chi connectivity index (χ1v) is 9.56. The molecule has 3 rings (SSSR count). The Morgan fingerprint density at radius 3 is 2.41 bits per heavy atom. The van der Waals surface area contributed by atoms with Crippen LogP contribution in [0.25, 0.3) is 0 Å². The largest absolute Gasteiger partial charge is 0.383 e. The number of nitrogens with zero attached hydrogens (tertiary/aromatic N) is 4. The van der Waals surface area contributed by atoms with Gasteiger partial charge in [-0.25, -0.2) is 9.97 Å². The van der Waals surface area contributed by atoms with E-state index in [9.17, 15) is 0 Å². The zero-order valence-corrected chi connectivity index (χ0v) is 16.6. The lowest BCUT2D eigenvalue weighted by molar-refractivity contribution is 0.189. The minimum atomic E-state index is 0.662. The van der Waals surface area contributed by atoms with E-state index in [1.165, 1.54) is 16.8 Å². The number of aromatic nitrogens is 2. The van der Waals surface area contributed by atoms with E-state index in [4.69, 9.17) is 19.4 Å². The maximum absolute atomic E-state index is 5.31. The first-order valence-electron chi connectivity index (χ1n) is 9.56. The number of rotatable bonds is 9. The SMILES string of the molecule is COCCN(CCOC)c1nc(C)nc2c1CN(Cc1ccccc1)CC2. The van der Waals surface area contributed by atoms with Crippen LogP contribution in [0.3, 0.4) is 0 Å². The lowest BCUT2D eigenvalue weighted by Gasteiger charge is -2.33. The third-order valence-electron chi connectivity index (χ3n) is 4.91. The van der Waals surface area contributed by atoms with Crippen LogP contribution >= 0.6 is 0 Å². The van der Waals surface area contributed by atoms with Crippen molar-refractivity contribution in [2.75, 3.05) is 52.0 Å². The van der Waals surface area contributed by atoms with E-state index in [2.05, 4.69) is 40.1 Å². The van der Waals surface area contributed by atoms with Gasteiger partial charge in [-0.15, -0.1) is 0 Å². The number of hydrogen-bond donors (Lipinski definition) is 0. The highest BCUT2D eigenvalue weighted by atomic mass is 16.5. The zero-order chi connectivity index (χ0) is 19.1. The Morgan fingerprint density at radius 2 is 1.74 bits per heavy atom. The van der Waals surface area contributed by atoms with E-state index in [-0.39, 0.29) is 0 Å². The molecule has 0 N–H and O–H groups in total. The highest BCUT2D eigenvalue weighted by molar-refractivity contribution is 5.50. The number of ether oxygens (including phenoxy) is 2. The van der Waals surface area contributed by atoms with Crippen LogP contribution in [-0.2, 0) is 29.0 Å². The summed E-state index contributed by atoms with van der Waals surface area (Å²) in [4.78, 5) is 14.3. The van der Waals surface area contributed by atoms with Crippen molar-refractivity contribution in [3.8, 4) is 0 Å². The van der Waals surface area contributed by atoms with Crippen molar-refractivity contribution in [1.82, 2.24) is 14.9 Å². The quantitative estimate of drug-likeness (QED) is 0.676. The Morgan fingerprint density at radius 1 is 1.04 bits per heavy atom. The van der Waals surface area contributed by atoms with Crippen LogP contribution in [0.5, 0.6) is 0 Å². The van der Waals surface area contributed by atoms with Gasteiger partial charge < -0.3 is 14.4 Å². The number of methoxy groups -OCH3 is 2. The molecule has 2 heterocycles. The van der Waals surface area contributed by atoms with Crippen LogP contribution in [0.2, 0.25) is 0 Å². The van der Waals surface area contributed by atoms with Gasteiger partial charge in [0.15, 0.2) is 0 Å². The molecule has 1 aromatic heterocycles. The van der Waals surface area contributed by atoms with Crippen LogP contribution in [0.15, 0.2) is 30.3 Å². The van der Waals surface area contributed by atoms with Crippen molar-refractivity contribution in [2.45, 2.75) is 26.4 Å². The number of hydrogen-bond acceptors (Lipinski definition) is 6. The number of anilines is 1. The van der Waals surface area contributed by atoms with Gasteiger partial charge in [0, 0.05) is 58.9 Å². The number of fused-ring (bicyclic) bond motifs is 1. The van der Waals surface area contributed by atoms with Gasteiger partial charge in [-0.2, -0.15) is 0 Å². The highest BCUT2D eigenvalue weighted by Gasteiger charge is 2.24. The van der Waals surface area contributed by atoms with E-state index in [1.807, 2.05) is 6.92 Å². The molecule has 1 aliphatic rings. The van der Waals surface area contributed by atoms with Crippen LogP contribution in [0.4, 0.5) is 5.82 Å². The molecular weight excluding hydrogens is 340 g/mol. The minimum Gasteiger partial charge on any atom is -0.383 e. The summed E-state index contributed by atoms with van der Waals surface area (Å²) in [6.07, 6.45) is 0.959. The van der Waals surface area contributed by atoms with Crippen molar-refractivity contribution in [2.24, 2.45) is 0 Å². The Hall–Kier alpha value is -2.02. The van der Waals surface area contributed by atoms with Gasteiger partial charge in [0.05, 0.1) is 18.9 Å². The fourth-order valence-corrected chi connectivity index (χ4v) is 3.54. The van der Waals surface area contributed by atoms with E-state index in [1.54, 1.807) is 14.2 Å². The standard InChI is InChI=1S/C21H30N4O2/c1-17-22-20-9-10-24(15-18-7-5-4-6-8-18)16-19(20)21(23-17)25(11-13-26-2)12-14-27-3/h4-8H,9-16H2,1-3H3. The number of benzene rings is 1. The molecule has 0 radical (unpaired) electrons. The molecule has 0 fully saturated rings. The predicted octanol–water partition coefficient (Wildman–Crippen LogP) is 2.44. The summed E-state index contributed by atoms with van der Waals surface area (Å²) in [7, 11) is 3.47. The molecule has 6 heteroatoms. The molecule has 0 unspecified atom stereocenters. The predicted molar refractivity (Wildman–Crippen MR) is 107 cm³/mol. The fraction of sp³-hybridized carbons (Fsp3) is 0.524. The molecule has 0 bridgehead atoms. The van der Waals surface area contributed by atoms with E-state index in [0.717, 1.165) is 50.8 Å². The van der Waals surface area contributed by atoms with Gasteiger partial charge in [0.25, 0.3) is 0 Å². The summed E-state index contributed by atoms with van der Waals surface area (Å²) in [5.74, 6) is 1.87. The molecule has 0 amide bonds. The van der Waals surface area contributed by atoms with E-state index < -0.39 is 0 Å². The second-order valence-corrected chi connectivity index (χ2v) is 6.94. The molecule has 2 aromatic rings. The highest BCUT2D eigenvalue weighted by Crippen LogP contribution is 2.27. The number of aryl methyl sites for hydroxylation is 1. The van der Waals surface area contributed by atoms with E-state index in [0.29, 0.717) is 13.2 Å². The molecule has 1 aromatic carbocycles. The average Bonchev–Trinajstić information content (AvgIpc) is 2.69. The smallest absolute Gasteiger partial charge is 0.137 e. The lowest BCUT2D eigenvalue weighted by Crippen LogP contribution is -2.36. The second kappa shape index (κ2) is 9.78. The summed E-state index contributed by atoms with van der Waals surface area (Å²) in [6.45, 7) is 7.73. The Bertz CT molecular complexity index is 716. The van der Waals surface area contributed by atoms with Crippen molar-refractivity contribution in [1.29, 1.82) is 0 Å². The molecule has 0 spiro atoms.